The maximum absolute atomic E-state index is 12.7. The Morgan fingerprint density at radius 3 is 2.58 bits per heavy atom. The van der Waals surface area contributed by atoms with Crippen molar-refractivity contribution in [3.05, 3.63) is 66.0 Å². The lowest BCUT2D eigenvalue weighted by atomic mass is 9.95. The number of alkyl halides is 1. The molecule has 1 aromatic heterocycles. The van der Waals surface area contributed by atoms with Crippen molar-refractivity contribution in [1.82, 2.24) is 19.8 Å². The highest BCUT2D eigenvalue weighted by molar-refractivity contribution is 7.92. The van der Waals surface area contributed by atoms with E-state index in [9.17, 15) is 8.42 Å². The number of anilines is 2. The van der Waals surface area contributed by atoms with Crippen LogP contribution in [0.3, 0.4) is 0 Å². The Kier molecular flexibility index (Phi) is 9.33. The highest BCUT2D eigenvalue weighted by atomic mass is 35.5. The molecular formula is C30H33ClN8O4S2. The molecule has 3 aliphatic heterocycles. The van der Waals surface area contributed by atoms with E-state index in [0.29, 0.717) is 30.4 Å². The van der Waals surface area contributed by atoms with Crippen molar-refractivity contribution in [2.45, 2.75) is 29.8 Å². The van der Waals surface area contributed by atoms with Crippen molar-refractivity contribution in [1.29, 1.82) is 0 Å². The number of aromatic nitrogens is 2. The third-order valence-corrected chi connectivity index (χ3v) is 9.87. The van der Waals surface area contributed by atoms with Crippen LogP contribution < -0.4 is 19.5 Å². The van der Waals surface area contributed by atoms with Crippen LogP contribution in [-0.2, 0) is 16.4 Å². The van der Waals surface area contributed by atoms with Gasteiger partial charge in [-0.15, -0.1) is 11.6 Å². The highest BCUT2D eigenvalue weighted by Gasteiger charge is 2.41. The first-order valence-electron chi connectivity index (χ1n) is 14.5. The van der Waals surface area contributed by atoms with Gasteiger partial charge < -0.3 is 24.6 Å². The standard InChI is InChI=1S/C30H33ClN8O4S2/c1-42-24-18-23-22(17-25(24)43-15-2-8-31)27-28(36-23)34-19-35-29(27)39-13-11-38(12-14-39)26(44)16-20-4-6-21(7-5-20)45(40,41)37-30-32-9-3-10-33-30/h3-7,9-10,17-19,27-28,36H,2,8,11-16H2,1H3,(H,32,33,37). The van der Waals surface area contributed by atoms with E-state index in [-0.39, 0.29) is 22.9 Å². The number of piperazine rings is 1. The van der Waals surface area contributed by atoms with Gasteiger partial charge in [0.05, 0.1) is 29.5 Å². The number of sulfonamides is 1. The van der Waals surface area contributed by atoms with Gasteiger partial charge in [-0.3, -0.25) is 0 Å². The number of methoxy groups -OCH3 is 1. The van der Waals surface area contributed by atoms with Gasteiger partial charge in [-0.25, -0.2) is 33.1 Å². The van der Waals surface area contributed by atoms with Crippen LogP contribution in [0.1, 0.15) is 23.5 Å². The molecule has 0 radical (unpaired) electrons. The Balaban J connectivity index is 1.07. The van der Waals surface area contributed by atoms with Crippen LogP contribution in [0.25, 0.3) is 0 Å². The molecule has 1 saturated heterocycles. The number of thiocarbonyl (C=S) groups is 1. The molecule has 2 N–H and O–H groups in total. The summed E-state index contributed by atoms with van der Waals surface area (Å²) in [5.74, 6) is 2.81. The van der Waals surface area contributed by atoms with Crippen LogP contribution in [0.4, 0.5) is 11.6 Å². The summed E-state index contributed by atoms with van der Waals surface area (Å²) in [4.78, 5) is 22.7. The summed E-state index contributed by atoms with van der Waals surface area (Å²) >= 11 is 11.7. The van der Waals surface area contributed by atoms with E-state index in [4.69, 9.17) is 38.3 Å². The number of benzene rings is 2. The zero-order valence-electron chi connectivity index (χ0n) is 24.6. The quantitative estimate of drug-likeness (QED) is 0.187. The van der Waals surface area contributed by atoms with E-state index >= 15 is 0 Å². The molecule has 2 unspecified atom stereocenters. The van der Waals surface area contributed by atoms with Crippen LogP contribution >= 0.6 is 23.8 Å². The Labute approximate surface area is 272 Å². The van der Waals surface area contributed by atoms with E-state index in [1.54, 1.807) is 43.8 Å². The number of rotatable bonds is 10. The fourth-order valence-electron chi connectivity index (χ4n) is 5.60. The molecule has 1 fully saturated rings. The Hall–Kier alpha value is -4.01. The monoisotopic (exact) mass is 668 g/mol. The molecule has 2 atom stereocenters. The Morgan fingerprint density at radius 1 is 1.11 bits per heavy atom. The van der Waals surface area contributed by atoms with Crippen molar-refractivity contribution in [3.8, 4) is 11.5 Å². The number of halogens is 1. The third kappa shape index (κ3) is 6.82. The van der Waals surface area contributed by atoms with Gasteiger partial charge in [0, 0.05) is 62.6 Å². The molecule has 45 heavy (non-hydrogen) atoms. The van der Waals surface area contributed by atoms with Crippen LogP contribution in [0, 0.1) is 0 Å². The van der Waals surface area contributed by atoms with E-state index in [0.717, 1.165) is 60.2 Å². The summed E-state index contributed by atoms with van der Waals surface area (Å²) in [7, 11) is -2.17. The predicted octanol–water partition coefficient (Wildman–Crippen LogP) is 3.76. The first-order valence-corrected chi connectivity index (χ1v) is 17.0. The number of nitrogens with one attached hydrogen (secondary N) is 2. The second-order valence-electron chi connectivity index (χ2n) is 10.7. The molecule has 0 bridgehead atoms. The molecule has 15 heteroatoms. The first-order chi connectivity index (χ1) is 21.9. The van der Waals surface area contributed by atoms with E-state index in [1.807, 2.05) is 12.1 Å². The summed E-state index contributed by atoms with van der Waals surface area (Å²) in [5, 5.41) is 3.51. The van der Waals surface area contributed by atoms with Crippen LogP contribution in [0.2, 0.25) is 0 Å². The molecule has 6 rings (SSSR count). The molecule has 12 nitrogen and oxygen atoms in total. The minimum atomic E-state index is -3.80. The summed E-state index contributed by atoms with van der Waals surface area (Å²) in [6.07, 6.45) is 5.70. The fraction of sp³-hybridized carbons (Fsp3) is 0.367. The number of fused-ring (bicyclic) bond motifs is 3. The molecular weight excluding hydrogens is 636 g/mol. The minimum absolute atomic E-state index is 0.0226. The smallest absolute Gasteiger partial charge is 0.264 e. The van der Waals surface area contributed by atoms with E-state index in [2.05, 4.69) is 34.8 Å². The maximum Gasteiger partial charge on any atom is 0.264 e. The number of hydrogen-bond donors (Lipinski definition) is 2. The molecule has 0 spiro atoms. The SMILES string of the molecule is COc1cc2c(cc1OCCCCl)C1C(N3CCN(C(=S)Cc4ccc(S(=O)(=O)Nc5ncccn5)cc4)CC3)=NC=NC1N2. The van der Waals surface area contributed by atoms with Crippen molar-refractivity contribution in [2.75, 3.05) is 55.8 Å². The molecule has 2 aromatic carbocycles. The molecule has 0 saturated carbocycles. The van der Waals surface area contributed by atoms with Crippen LogP contribution in [0.5, 0.6) is 11.5 Å². The number of aliphatic imine (C=N–C) groups is 2. The van der Waals surface area contributed by atoms with Crippen molar-refractivity contribution in [2.24, 2.45) is 9.98 Å². The van der Waals surface area contributed by atoms with E-state index < -0.39 is 10.0 Å². The lowest BCUT2D eigenvalue weighted by Crippen LogP contribution is -2.53. The molecule has 0 aliphatic carbocycles. The fourth-order valence-corrected chi connectivity index (χ4v) is 7.01. The zero-order chi connectivity index (χ0) is 31.4. The van der Waals surface area contributed by atoms with Gasteiger partial charge in [0.15, 0.2) is 11.5 Å². The zero-order valence-corrected chi connectivity index (χ0v) is 27.0. The van der Waals surface area contributed by atoms with Gasteiger partial charge in [-0.05, 0) is 41.8 Å². The molecule has 3 aromatic rings. The Bertz CT molecular complexity index is 1700. The number of nitrogens with zero attached hydrogens (tertiary/aromatic N) is 6. The summed E-state index contributed by atoms with van der Waals surface area (Å²) < 4.78 is 39.4. The second-order valence-corrected chi connectivity index (χ2v) is 13.2. The molecule has 236 valence electrons. The van der Waals surface area contributed by atoms with Crippen LogP contribution in [-0.4, -0.2) is 97.3 Å². The summed E-state index contributed by atoms with van der Waals surface area (Å²) in [6, 6.07) is 12.3. The molecule has 4 heterocycles. The average Bonchev–Trinajstić information content (AvgIpc) is 3.42. The number of amidine groups is 1. The van der Waals surface area contributed by atoms with Crippen molar-refractivity contribution < 1.29 is 17.9 Å². The lowest BCUT2D eigenvalue weighted by molar-refractivity contribution is 0.253. The summed E-state index contributed by atoms with van der Waals surface area (Å²) in [6.45, 7) is 3.51. The lowest BCUT2D eigenvalue weighted by Gasteiger charge is -2.40. The Morgan fingerprint density at radius 2 is 1.87 bits per heavy atom. The molecule has 3 aliphatic rings. The largest absolute Gasteiger partial charge is 0.493 e. The normalized spacial score (nSPS) is 18.8. The van der Waals surface area contributed by atoms with Gasteiger partial charge in [0.2, 0.25) is 5.95 Å². The number of hydrogen-bond acceptors (Lipinski definition) is 11. The van der Waals surface area contributed by atoms with Gasteiger partial charge >= 0.3 is 0 Å². The second kappa shape index (κ2) is 13.5. The van der Waals surface area contributed by atoms with Crippen molar-refractivity contribution >= 4 is 62.6 Å². The van der Waals surface area contributed by atoms with Crippen molar-refractivity contribution in [3.63, 3.8) is 0 Å². The average molecular weight is 669 g/mol. The topological polar surface area (TPSA) is 134 Å². The van der Waals surface area contributed by atoms with Crippen LogP contribution in [0.15, 0.2) is 69.7 Å². The van der Waals surface area contributed by atoms with Gasteiger partial charge in [-0.1, -0.05) is 24.4 Å². The van der Waals surface area contributed by atoms with E-state index in [1.165, 1.54) is 12.4 Å². The highest BCUT2D eigenvalue weighted by Crippen LogP contribution is 2.45. The summed E-state index contributed by atoms with van der Waals surface area (Å²) in [5.41, 5.74) is 2.97. The third-order valence-electron chi connectivity index (χ3n) is 7.86. The predicted molar refractivity (Wildman–Crippen MR) is 179 cm³/mol. The first kappa shape index (κ1) is 31.0. The minimum Gasteiger partial charge on any atom is -0.493 e. The molecule has 0 amide bonds. The van der Waals surface area contributed by atoms with Gasteiger partial charge in [0.1, 0.15) is 18.3 Å². The van der Waals surface area contributed by atoms with Gasteiger partial charge in [0.25, 0.3) is 10.0 Å². The maximum atomic E-state index is 12.7. The number of ether oxygens (including phenoxy) is 2. The van der Waals surface area contributed by atoms with Gasteiger partial charge in [-0.2, -0.15) is 0 Å².